The van der Waals surface area contributed by atoms with E-state index in [-0.39, 0.29) is 34.3 Å². The van der Waals surface area contributed by atoms with Crippen LogP contribution in [0.5, 0.6) is 0 Å². The highest BCUT2D eigenvalue weighted by Gasteiger charge is 2.27. The number of aromatic nitrogens is 3. The number of piperidine rings is 1. The molecule has 1 fully saturated rings. The lowest BCUT2D eigenvalue weighted by molar-refractivity contribution is 0.0548. The van der Waals surface area contributed by atoms with Gasteiger partial charge in [0.05, 0.1) is 17.1 Å². The second-order valence-electron chi connectivity index (χ2n) is 8.24. The van der Waals surface area contributed by atoms with Gasteiger partial charge in [0.15, 0.2) is 5.65 Å². The van der Waals surface area contributed by atoms with Gasteiger partial charge in [-0.2, -0.15) is 0 Å². The summed E-state index contributed by atoms with van der Waals surface area (Å²) < 4.78 is 1.45. The third kappa shape index (κ3) is 3.87. The maximum atomic E-state index is 13.2. The summed E-state index contributed by atoms with van der Waals surface area (Å²) in [5, 5.41) is 9.88. The summed E-state index contributed by atoms with van der Waals surface area (Å²) in [6, 6.07) is 1.67. The lowest BCUT2D eigenvalue weighted by atomic mass is 10.0. The zero-order valence-electron chi connectivity index (χ0n) is 16.9. The molecule has 28 heavy (non-hydrogen) atoms. The fourth-order valence-corrected chi connectivity index (χ4v) is 3.53. The van der Waals surface area contributed by atoms with Crippen LogP contribution >= 0.6 is 0 Å². The number of H-pyrrole nitrogens is 1. The van der Waals surface area contributed by atoms with Crippen molar-refractivity contribution in [3.05, 3.63) is 38.2 Å². The van der Waals surface area contributed by atoms with Gasteiger partial charge in [0.1, 0.15) is 0 Å². The van der Waals surface area contributed by atoms with E-state index in [0.717, 1.165) is 0 Å². The summed E-state index contributed by atoms with van der Waals surface area (Å²) in [6.45, 7) is 9.12. The van der Waals surface area contributed by atoms with Crippen molar-refractivity contribution in [2.45, 2.75) is 59.1 Å². The van der Waals surface area contributed by atoms with Crippen LogP contribution in [0.3, 0.4) is 0 Å². The van der Waals surface area contributed by atoms with Crippen LogP contribution in [-0.4, -0.2) is 49.6 Å². The molecule has 152 valence electrons. The minimum Gasteiger partial charge on any atom is -0.393 e. The number of fused-ring (bicyclic) bond motifs is 1. The Bertz CT molecular complexity index is 998. The lowest BCUT2D eigenvalue weighted by Gasteiger charge is -2.30. The van der Waals surface area contributed by atoms with E-state index in [4.69, 9.17) is 0 Å². The first-order chi connectivity index (χ1) is 13.2. The second kappa shape index (κ2) is 7.87. The summed E-state index contributed by atoms with van der Waals surface area (Å²) in [5.41, 5.74) is 0.0793. The van der Waals surface area contributed by atoms with Crippen LogP contribution in [0.4, 0.5) is 0 Å². The zero-order chi connectivity index (χ0) is 20.6. The zero-order valence-corrected chi connectivity index (χ0v) is 16.9. The Morgan fingerprint density at radius 1 is 1.25 bits per heavy atom. The molecule has 0 radical (unpaired) electrons. The van der Waals surface area contributed by atoms with Crippen molar-refractivity contribution in [1.29, 1.82) is 0 Å². The van der Waals surface area contributed by atoms with Crippen LogP contribution < -0.4 is 11.2 Å². The normalized spacial score (nSPS) is 15.8. The average Bonchev–Trinajstić information content (AvgIpc) is 2.63. The molecular weight excluding hydrogens is 360 g/mol. The number of nitrogens with zero attached hydrogens (tertiary/aromatic N) is 3. The third-order valence-corrected chi connectivity index (χ3v) is 5.09. The largest absolute Gasteiger partial charge is 0.393 e. The van der Waals surface area contributed by atoms with E-state index in [0.29, 0.717) is 38.2 Å². The van der Waals surface area contributed by atoms with Crippen molar-refractivity contribution >= 4 is 16.9 Å². The predicted octanol–water partition coefficient (Wildman–Crippen LogP) is 1.46. The van der Waals surface area contributed by atoms with E-state index < -0.39 is 17.4 Å². The van der Waals surface area contributed by atoms with Crippen LogP contribution in [0.1, 0.15) is 62.5 Å². The van der Waals surface area contributed by atoms with Crippen LogP contribution in [0, 0.1) is 5.92 Å². The molecule has 0 bridgehead atoms. The monoisotopic (exact) mass is 388 g/mol. The molecule has 1 saturated heterocycles. The number of hydrogen-bond acceptors (Lipinski definition) is 5. The molecule has 0 unspecified atom stereocenters. The van der Waals surface area contributed by atoms with E-state index >= 15 is 0 Å². The maximum Gasteiger partial charge on any atom is 0.330 e. The maximum absolute atomic E-state index is 13.2. The minimum absolute atomic E-state index is 0.0287. The van der Waals surface area contributed by atoms with Gasteiger partial charge in [-0.15, -0.1) is 0 Å². The summed E-state index contributed by atoms with van der Waals surface area (Å²) in [4.78, 5) is 46.9. The molecule has 0 aromatic carbocycles. The van der Waals surface area contributed by atoms with Gasteiger partial charge in [-0.1, -0.05) is 27.7 Å². The summed E-state index contributed by atoms with van der Waals surface area (Å²) in [7, 11) is 0. The van der Waals surface area contributed by atoms with E-state index in [2.05, 4.69) is 9.97 Å². The number of rotatable bonds is 4. The number of carbonyl (C=O) groups is 1. The van der Waals surface area contributed by atoms with Crippen molar-refractivity contribution in [2.24, 2.45) is 5.92 Å². The molecule has 2 N–H and O–H groups in total. The number of likely N-dealkylation sites (tertiary alicyclic amines) is 1. The molecule has 0 saturated carbocycles. The molecule has 8 nitrogen and oxygen atoms in total. The topological polar surface area (TPSA) is 108 Å². The molecule has 0 aliphatic carbocycles. The smallest absolute Gasteiger partial charge is 0.330 e. The Morgan fingerprint density at radius 3 is 2.46 bits per heavy atom. The fraction of sp³-hybridized carbons (Fsp3) is 0.600. The van der Waals surface area contributed by atoms with Gasteiger partial charge in [0.25, 0.3) is 11.5 Å². The lowest BCUT2D eigenvalue weighted by Crippen LogP contribution is -2.41. The van der Waals surface area contributed by atoms with Crippen LogP contribution in [-0.2, 0) is 6.54 Å². The van der Waals surface area contributed by atoms with E-state index in [1.165, 1.54) is 4.57 Å². The standard InChI is InChI=1S/C20H28N4O4/c1-11(2)10-24-17-16(18(26)22-20(24)28)14(9-15(21-17)12(3)4)19(27)23-7-5-13(25)6-8-23/h9,11-13,25H,5-8,10H2,1-4H3,(H,22,26,28). The molecule has 1 aliphatic rings. The number of aromatic amines is 1. The van der Waals surface area contributed by atoms with Gasteiger partial charge in [0, 0.05) is 25.3 Å². The summed E-state index contributed by atoms with van der Waals surface area (Å²) in [5.74, 6) is -0.0681. The molecule has 0 spiro atoms. The summed E-state index contributed by atoms with van der Waals surface area (Å²) >= 11 is 0. The van der Waals surface area contributed by atoms with Crippen molar-refractivity contribution < 1.29 is 9.90 Å². The molecule has 1 aliphatic heterocycles. The molecule has 3 rings (SSSR count). The highest BCUT2D eigenvalue weighted by molar-refractivity contribution is 6.05. The van der Waals surface area contributed by atoms with Gasteiger partial charge in [-0.25, -0.2) is 9.78 Å². The van der Waals surface area contributed by atoms with Crippen molar-refractivity contribution in [1.82, 2.24) is 19.4 Å². The van der Waals surface area contributed by atoms with E-state index in [9.17, 15) is 19.5 Å². The van der Waals surface area contributed by atoms with Gasteiger partial charge >= 0.3 is 5.69 Å². The Hall–Kier alpha value is -2.48. The molecule has 2 aromatic rings. The fourth-order valence-electron chi connectivity index (χ4n) is 3.53. The van der Waals surface area contributed by atoms with Crippen molar-refractivity contribution in [3.63, 3.8) is 0 Å². The van der Waals surface area contributed by atoms with Crippen molar-refractivity contribution in [2.75, 3.05) is 13.1 Å². The first-order valence-corrected chi connectivity index (χ1v) is 9.84. The second-order valence-corrected chi connectivity index (χ2v) is 8.24. The third-order valence-electron chi connectivity index (χ3n) is 5.09. The number of carbonyl (C=O) groups excluding carboxylic acids is 1. The van der Waals surface area contributed by atoms with Gasteiger partial charge in [-0.3, -0.25) is 19.1 Å². The number of amides is 1. The SMILES string of the molecule is CC(C)Cn1c(=O)[nH]c(=O)c2c(C(=O)N3CCC(O)CC3)cc(C(C)C)nc21. The number of aliphatic hydroxyl groups is 1. The molecule has 2 aromatic heterocycles. The quantitative estimate of drug-likeness (QED) is 0.824. The molecule has 3 heterocycles. The predicted molar refractivity (Wildman–Crippen MR) is 107 cm³/mol. The average molecular weight is 388 g/mol. The highest BCUT2D eigenvalue weighted by atomic mass is 16.3. The molecule has 1 amide bonds. The van der Waals surface area contributed by atoms with Crippen LogP contribution in [0.2, 0.25) is 0 Å². The molecule has 0 atom stereocenters. The number of aliphatic hydroxyl groups excluding tert-OH is 1. The molecular formula is C20H28N4O4. The Balaban J connectivity index is 2.25. The number of nitrogens with one attached hydrogen (secondary N) is 1. The summed E-state index contributed by atoms with van der Waals surface area (Å²) in [6.07, 6.45) is 0.629. The van der Waals surface area contributed by atoms with Crippen LogP contribution in [0.25, 0.3) is 11.0 Å². The van der Waals surface area contributed by atoms with Gasteiger partial charge in [-0.05, 0) is 30.7 Å². The van der Waals surface area contributed by atoms with Gasteiger partial charge in [0.2, 0.25) is 0 Å². The molecule has 8 heteroatoms. The first kappa shape index (κ1) is 20.3. The van der Waals surface area contributed by atoms with E-state index in [1.54, 1.807) is 11.0 Å². The van der Waals surface area contributed by atoms with Crippen molar-refractivity contribution in [3.8, 4) is 0 Å². The number of hydrogen-bond donors (Lipinski definition) is 2. The first-order valence-electron chi connectivity index (χ1n) is 9.84. The Morgan fingerprint density at radius 2 is 1.89 bits per heavy atom. The Labute approximate surface area is 163 Å². The van der Waals surface area contributed by atoms with Crippen LogP contribution in [0.15, 0.2) is 15.7 Å². The van der Waals surface area contributed by atoms with E-state index in [1.807, 2.05) is 27.7 Å². The van der Waals surface area contributed by atoms with Gasteiger partial charge < -0.3 is 10.0 Å². The minimum atomic E-state index is -0.594. The number of pyridine rings is 1. The highest BCUT2D eigenvalue weighted by Crippen LogP contribution is 2.23. The Kier molecular flexibility index (Phi) is 5.69.